The Balaban J connectivity index is 2.23. The highest BCUT2D eigenvalue weighted by atomic mass is 32.2. The van der Waals surface area contributed by atoms with E-state index in [4.69, 9.17) is 9.63 Å². The minimum atomic E-state index is -3.77. The van der Waals surface area contributed by atoms with Gasteiger partial charge in [-0.2, -0.15) is 4.98 Å². The molecule has 110 valence electrons. The van der Waals surface area contributed by atoms with Crippen LogP contribution in [0.1, 0.15) is 17.3 Å². The molecular weight excluding hydrogens is 294 g/mol. The van der Waals surface area contributed by atoms with Crippen LogP contribution < -0.4 is 4.72 Å². The van der Waals surface area contributed by atoms with Crippen LogP contribution in [0.2, 0.25) is 0 Å². The molecule has 0 fully saturated rings. The molecule has 0 saturated carbocycles. The smallest absolute Gasteiger partial charge is 0.242 e. The Morgan fingerprint density at radius 3 is 2.81 bits per heavy atom. The number of aryl methyl sites for hydroxylation is 1. The SMILES string of the molecule is Cc1nc(CNS(=O)(=O)c2ccccc2C#CCO)no1. The molecule has 7 nitrogen and oxygen atoms in total. The molecule has 0 unspecified atom stereocenters. The van der Waals surface area contributed by atoms with E-state index in [1.54, 1.807) is 25.1 Å². The molecule has 0 bridgehead atoms. The maximum Gasteiger partial charge on any atom is 0.242 e. The minimum Gasteiger partial charge on any atom is -0.384 e. The molecule has 1 heterocycles. The standard InChI is InChI=1S/C13H13N3O4S/c1-10-15-13(16-20-10)9-14-21(18,19)12-7-3-2-5-11(12)6-4-8-17/h2-3,5,7,14,17H,8-9H2,1H3. The third-order valence-electron chi connectivity index (χ3n) is 2.47. The minimum absolute atomic E-state index is 0.0335. The van der Waals surface area contributed by atoms with Gasteiger partial charge in [-0.05, 0) is 12.1 Å². The van der Waals surface area contributed by atoms with E-state index in [9.17, 15) is 8.42 Å². The van der Waals surface area contributed by atoms with Crippen molar-refractivity contribution in [3.8, 4) is 11.8 Å². The van der Waals surface area contributed by atoms with Gasteiger partial charge in [-0.25, -0.2) is 13.1 Å². The molecule has 0 saturated heterocycles. The summed E-state index contributed by atoms with van der Waals surface area (Å²) >= 11 is 0. The highest BCUT2D eigenvalue weighted by Gasteiger charge is 2.18. The number of benzene rings is 1. The van der Waals surface area contributed by atoms with Crippen molar-refractivity contribution < 1.29 is 18.0 Å². The number of hydrogen-bond donors (Lipinski definition) is 2. The van der Waals surface area contributed by atoms with Crippen molar-refractivity contribution in [2.24, 2.45) is 0 Å². The van der Waals surface area contributed by atoms with Crippen LogP contribution in [0.25, 0.3) is 0 Å². The van der Waals surface area contributed by atoms with E-state index in [2.05, 4.69) is 26.7 Å². The molecule has 2 rings (SSSR count). The van der Waals surface area contributed by atoms with Crippen molar-refractivity contribution in [1.82, 2.24) is 14.9 Å². The van der Waals surface area contributed by atoms with E-state index in [-0.39, 0.29) is 23.9 Å². The molecule has 0 aliphatic heterocycles. The van der Waals surface area contributed by atoms with Gasteiger partial charge in [-0.3, -0.25) is 0 Å². The molecule has 0 amide bonds. The van der Waals surface area contributed by atoms with Crippen molar-refractivity contribution in [3.63, 3.8) is 0 Å². The molecule has 0 atom stereocenters. The summed E-state index contributed by atoms with van der Waals surface area (Å²) in [6.07, 6.45) is 0. The second kappa shape index (κ2) is 6.49. The van der Waals surface area contributed by atoms with Crippen LogP contribution in [0.4, 0.5) is 0 Å². The molecule has 0 spiro atoms. The number of sulfonamides is 1. The van der Waals surface area contributed by atoms with Crippen LogP contribution >= 0.6 is 0 Å². The summed E-state index contributed by atoms with van der Waals surface area (Å²) in [6.45, 7) is 1.19. The first-order chi connectivity index (χ1) is 10.0. The Labute approximate surface area is 122 Å². The summed E-state index contributed by atoms with van der Waals surface area (Å²) in [4.78, 5) is 3.95. The van der Waals surface area contributed by atoms with E-state index in [1.165, 1.54) is 6.07 Å². The molecular formula is C13H13N3O4S. The van der Waals surface area contributed by atoms with Crippen LogP contribution in [0.15, 0.2) is 33.7 Å². The first-order valence-electron chi connectivity index (χ1n) is 6.00. The highest BCUT2D eigenvalue weighted by molar-refractivity contribution is 7.89. The van der Waals surface area contributed by atoms with Crippen LogP contribution in [-0.2, 0) is 16.6 Å². The van der Waals surface area contributed by atoms with Crippen LogP contribution in [-0.4, -0.2) is 30.3 Å². The zero-order chi connectivity index (χ0) is 15.3. The quantitative estimate of drug-likeness (QED) is 0.782. The lowest BCUT2D eigenvalue weighted by molar-refractivity contribution is 0.350. The average Bonchev–Trinajstić information content (AvgIpc) is 2.89. The lowest BCUT2D eigenvalue weighted by Gasteiger charge is -2.06. The zero-order valence-corrected chi connectivity index (χ0v) is 12.0. The van der Waals surface area contributed by atoms with Crippen molar-refractivity contribution in [3.05, 3.63) is 41.5 Å². The van der Waals surface area contributed by atoms with Crippen LogP contribution in [0.5, 0.6) is 0 Å². The fraction of sp³-hybridized carbons (Fsp3) is 0.231. The van der Waals surface area contributed by atoms with Gasteiger partial charge in [0.15, 0.2) is 5.82 Å². The second-order valence-corrected chi connectivity index (χ2v) is 5.75. The topological polar surface area (TPSA) is 105 Å². The molecule has 1 aromatic heterocycles. The molecule has 0 aliphatic rings. The number of nitrogens with zero attached hydrogens (tertiary/aromatic N) is 2. The first kappa shape index (κ1) is 15.2. The van der Waals surface area contributed by atoms with Crippen molar-refractivity contribution in [2.45, 2.75) is 18.4 Å². The number of rotatable bonds is 4. The van der Waals surface area contributed by atoms with Crippen molar-refractivity contribution in [1.29, 1.82) is 0 Å². The predicted octanol–water partition coefficient (Wildman–Crippen LogP) is 0.200. The number of nitrogens with one attached hydrogen (secondary N) is 1. The second-order valence-electron chi connectivity index (χ2n) is 4.01. The predicted molar refractivity (Wildman–Crippen MR) is 73.5 cm³/mol. The fourth-order valence-electron chi connectivity index (χ4n) is 1.59. The Kier molecular flexibility index (Phi) is 4.70. The molecule has 0 radical (unpaired) electrons. The van der Waals surface area contributed by atoms with Gasteiger partial charge in [-0.15, -0.1) is 0 Å². The summed E-state index contributed by atoms with van der Waals surface area (Å²) in [5.74, 6) is 5.64. The fourth-order valence-corrected chi connectivity index (χ4v) is 2.73. The first-order valence-corrected chi connectivity index (χ1v) is 7.49. The Morgan fingerprint density at radius 2 is 2.14 bits per heavy atom. The Hall–Kier alpha value is -2.21. The summed E-state index contributed by atoms with van der Waals surface area (Å²) in [5.41, 5.74) is 0.309. The average molecular weight is 307 g/mol. The summed E-state index contributed by atoms with van der Waals surface area (Å²) in [5, 5.41) is 12.3. The lowest BCUT2D eigenvalue weighted by Crippen LogP contribution is -2.24. The van der Waals surface area contributed by atoms with Gasteiger partial charge >= 0.3 is 0 Å². The third-order valence-corrected chi connectivity index (χ3v) is 3.93. The van der Waals surface area contributed by atoms with Gasteiger partial charge in [0.25, 0.3) is 0 Å². The monoisotopic (exact) mass is 307 g/mol. The van der Waals surface area contributed by atoms with Gasteiger partial charge in [0.2, 0.25) is 15.9 Å². The van der Waals surface area contributed by atoms with Gasteiger partial charge < -0.3 is 9.63 Å². The van der Waals surface area contributed by atoms with E-state index >= 15 is 0 Å². The highest BCUT2D eigenvalue weighted by Crippen LogP contribution is 2.14. The number of aromatic nitrogens is 2. The Morgan fingerprint density at radius 1 is 1.38 bits per heavy atom. The normalized spacial score (nSPS) is 11.0. The third kappa shape index (κ3) is 3.88. The van der Waals surface area contributed by atoms with Gasteiger partial charge in [0.05, 0.1) is 11.4 Å². The van der Waals surface area contributed by atoms with Gasteiger partial charge in [0.1, 0.15) is 6.61 Å². The molecule has 2 aromatic rings. The van der Waals surface area contributed by atoms with E-state index < -0.39 is 10.0 Å². The molecule has 8 heteroatoms. The van der Waals surface area contributed by atoms with Crippen molar-refractivity contribution in [2.75, 3.05) is 6.61 Å². The number of aliphatic hydroxyl groups excluding tert-OH is 1. The largest absolute Gasteiger partial charge is 0.384 e. The van der Waals surface area contributed by atoms with Crippen LogP contribution in [0, 0.1) is 18.8 Å². The van der Waals surface area contributed by atoms with Gasteiger partial charge in [-0.1, -0.05) is 29.1 Å². The van der Waals surface area contributed by atoms with Crippen LogP contribution in [0.3, 0.4) is 0 Å². The Bertz CT molecular complexity index is 787. The molecule has 1 aromatic carbocycles. The van der Waals surface area contributed by atoms with E-state index in [1.807, 2.05) is 0 Å². The van der Waals surface area contributed by atoms with Crippen molar-refractivity contribution >= 4 is 10.0 Å². The summed E-state index contributed by atoms with van der Waals surface area (Å²) in [6, 6.07) is 6.26. The lowest BCUT2D eigenvalue weighted by atomic mass is 10.2. The summed E-state index contributed by atoms with van der Waals surface area (Å²) in [7, 11) is -3.77. The number of hydrogen-bond acceptors (Lipinski definition) is 6. The van der Waals surface area contributed by atoms with Gasteiger partial charge in [0, 0.05) is 12.5 Å². The maximum atomic E-state index is 12.3. The zero-order valence-electron chi connectivity index (χ0n) is 11.2. The maximum absolute atomic E-state index is 12.3. The summed E-state index contributed by atoms with van der Waals surface area (Å²) < 4.78 is 31.7. The molecule has 21 heavy (non-hydrogen) atoms. The number of aliphatic hydroxyl groups is 1. The van der Waals surface area contributed by atoms with E-state index in [0.29, 0.717) is 11.5 Å². The molecule has 0 aliphatic carbocycles. The molecule has 2 N–H and O–H groups in total. The van der Waals surface area contributed by atoms with E-state index in [0.717, 1.165) is 0 Å².